The molecule has 2 N–H and O–H groups in total. The lowest BCUT2D eigenvalue weighted by Gasteiger charge is -2.03. The maximum Gasteiger partial charge on any atom is 0.139 e. The summed E-state index contributed by atoms with van der Waals surface area (Å²) in [7, 11) is 0. The first-order chi connectivity index (χ1) is 5.36. The van der Waals surface area contributed by atoms with Crippen LogP contribution < -0.4 is 5.73 Å². The predicted molar refractivity (Wildman–Crippen MR) is 42.9 cm³/mol. The van der Waals surface area contributed by atoms with E-state index in [2.05, 4.69) is 10.2 Å². The van der Waals surface area contributed by atoms with Crippen molar-refractivity contribution in [3.8, 4) is 0 Å². The molecule has 1 fully saturated rings. The van der Waals surface area contributed by atoms with Gasteiger partial charge in [0.1, 0.15) is 6.17 Å². The second kappa shape index (κ2) is 2.74. The zero-order chi connectivity index (χ0) is 7.68. The Bertz CT molecular complexity index is 201. The average Bonchev–Trinajstić information content (AvgIpc) is 2.55. The van der Waals surface area contributed by atoms with Gasteiger partial charge in [-0.1, -0.05) is 12.8 Å². The molecule has 1 atom stereocenters. The van der Waals surface area contributed by atoms with Gasteiger partial charge in [0.15, 0.2) is 0 Å². The molecular formula is C8H13N3. The Morgan fingerprint density at radius 2 is 2.09 bits per heavy atom. The van der Waals surface area contributed by atoms with Crippen molar-refractivity contribution in [1.29, 1.82) is 0 Å². The van der Waals surface area contributed by atoms with Crippen LogP contribution in [0.2, 0.25) is 0 Å². The van der Waals surface area contributed by atoms with E-state index in [0.717, 1.165) is 5.70 Å². The van der Waals surface area contributed by atoms with Crippen LogP contribution in [0, 0.1) is 5.92 Å². The van der Waals surface area contributed by atoms with Gasteiger partial charge >= 0.3 is 0 Å². The SMILES string of the molecule is N[C@H]1C=C(C2CCCC2)N=N1. The summed E-state index contributed by atoms with van der Waals surface area (Å²) in [5.41, 5.74) is 6.69. The Balaban J connectivity index is 2.05. The highest BCUT2D eigenvalue weighted by Gasteiger charge is 2.22. The van der Waals surface area contributed by atoms with Crippen molar-refractivity contribution in [2.45, 2.75) is 31.8 Å². The van der Waals surface area contributed by atoms with Gasteiger partial charge in [-0.05, 0) is 18.9 Å². The molecule has 0 spiro atoms. The molecular weight excluding hydrogens is 138 g/mol. The van der Waals surface area contributed by atoms with Crippen molar-refractivity contribution in [3.63, 3.8) is 0 Å². The van der Waals surface area contributed by atoms with Crippen molar-refractivity contribution in [2.75, 3.05) is 0 Å². The fourth-order valence-corrected chi connectivity index (χ4v) is 1.81. The van der Waals surface area contributed by atoms with Gasteiger partial charge in [0, 0.05) is 5.92 Å². The summed E-state index contributed by atoms with van der Waals surface area (Å²) in [6.07, 6.45) is 7.05. The second-order valence-electron chi connectivity index (χ2n) is 3.28. The number of azo groups is 1. The summed E-state index contributed by atoms with van der Waals surface area (Å²) in [5.74, 6) is 0.660. The Labute approximate surface area is 66.4 Å². The Hall–Kier alpha value is -0.700. The van der Waals surface area contributed by atoms with E-state index in [1.807, 2.05) is 6.08 Å². The van der Waals surface area contributed by atoms with Crippen molar-refractivity contribution < 1.29 is 0 Å². The molecule has 1 aliphatic carbocycles. The topological polar surface area (TPSA) is 50.7 Å². The van der Waals surface area contributed by atoms with Crippen LogP contribution >= 0.6 is 0 Å². The smallest absolute Gasteiger partial charge is 0.139 e. The van der Waals surface area contributed by atoms with Crippen LogP contribution in [0.4, 0.5) is 0 Å². The van der Waals surface area contributed by atoms with Crippen LogP contribution in [0.5, 0.6) is 0 Å². The lowest BCUT2D eigenvalue weighted by atomic mass is 10.0. The van der Waals surface area contributed by atoms with Gasteiger partial charge in [0.25, 0.3) is 0 Å². The van der Waals surface area contributed by atoms with Gasteiger partial charge in [0.05, 0.1) is 5.70 Å². The van der Waals surface area contributed by atoms with E-state index >= 15 is 0 Å². The minimum Gasteiger partial charge on any atom is -0.305 e. The van der Waals surface area contributed by atoms with Gasteiger partial charge in [-0.25, -0.2) is 0 Å². The van der Waals surface area contributed by atoms with Crippen LogP contribution in [0.1, 0.15) is 25.7 Å². The molecule has 1 heterocycles. The maximum atomic E-state index is 5.56. The fraction of sp³-hybridized carbons (Fsp3) is 0.750. The van der Waals surface area contributed by atoms with Crippen LogP contribution in [0.15, 0.2) is 22.0 Å². The molecule has 2 rings (SSSR count). The molecule has 1 aliphatic heterocycles. The molecule has 0 aromatic carbocycles. The average molecular weight is 151 g/mol. The monoisotopic (exact) mass is 151 g/mol. The first-order valence-electron chi connectivity index (χ1n) is 4.24. The molecule has 0 bridgehead atoms. The summed E-state index contributed by atoms with van der Waals surface area (Å²) in [5, 5.41) is 7.93. The number of rotatable bonds is 1. The van der Waals surface area contributed by atoms with E-state index in [1.165, 1.54) is 25.7 Å². The van der Waals surface area contributed by atoms with E-state index in [9.17, 15) is 0 Å². The molecule has 60 valence electrons. The molecule has 2 aliphatic rings. The van der Waals surface area contributed by atoms with Crippen LogP contribution in [0.3, 0.4) is 0 Å². The number of allylic oxidation sites excluding steroid dienone is 1. The highest BCUT2D eigenvalue weighted by Crippen LogP contribution is 2.33. The molecule has 3 nitrogen and oxygen atoms in total. The van der Waals surface area contributed by atoms with E-state index < -0.39 is 0 Å². The zero-order valence-electron chi connectivity index (χ0n) is 6.53. The van der Waals surface area contributed by atoms with Gasteiger partial charge < -0.3 is 5.73 Å². The molecule has 0 aromatic rings. The Morgan fingerprint density at radius 1 is 1.36 bits per heavy atom. The highest BCUT2D eigenvalue weighted by molar-refractivity contribution is 5.12. The van der Waals surface area contributed by atoms with Crippen LogP contribution in [-0.2, 0) is 0 Å². The lowest BCUT2D eigenvalue weighted by molar-refractivity contribution is 0.633. The third kappa shape index (κ3) is 1.33. The van der Waals surface area contributed by atoms with E-state index in [4.69, 9.17) is 5.73 Å². The molecule has 0 unspecified atom stereocenters. The summed E-state index contributed by atoms with van der Waals surface area (Å²) in [6.45, 7) is 0. The number of nitrogens with zero attached hydrogens (tertiary/aromatic N) is 2. The summed E-state index contributed by atoms with van der Waals surface area (Å²) >= 11 is 0. The van der Waals surface area contributed by atoms with Crippen molar-refractivity contribution >= 4 is 0 Å². The first kappa shape index (κ1) is 6.98. The number of nitrogens with two attached hydrogens (primary N) is 1. The van der Waals surface area contributed by atoms with E-state index in [1.54, 1.807) is 0 Å². The molecule has 0 saturated heterocycles. The van der Waals surface area contributed by atoms with Crippen LogP contribution in [-0.4, -0.2) is 6.17 Å². The third-order valence-corrected chi connectivity index (χ3v) is 2.42. The van der Waals surface area contributed by atoms with Crippen molar-refractivity contribution in [1.82, 2.24) is 0 Å². The fourth-order valence-electron chi connectivity index (χ4n) is 1.81. The quantitative estimate of drug-likeness (QED) is 0.610. The normalized spacial score (nSPS) is 31.4. The van der Waals surface area contributed by atoms with Gasteiger partial charge in [-0.3, -0.25) is 0 Å². The zero-order valence-corrected chi connectivity index (χ0v) is 6.53. The Morgan fingerprint density at radius 3 is 2.64 bits per heavy atom. The van der Waals surface area contributed by atoms with Crippen molar-refractivity contribution in [3.05, 3.63) is 11.8 Å². The largest absolute Gasteiger partial charge is 0.305 e. The van der Waals surface area contributed by atoms with E-state index in [-0.39, 0.29) is 6.17 Å². The molecule has 3 heteroatoms. The number of hydrogen-bond acceptors (Lipinski definition) is 3. The van der Waals surface area contributed by atoms with Gasteiger partial charge in [-0.15, -0.1) is 0 Å². The van der Waals surface area contributed by atoms with Gasteiger partial charge in [0.2, 0.25) is 0 Å². The Kier molecular flexibility index (Phi) is 1.74. The molecule has 0 amide bonds. The van der Waals surface area contributed by atoms with E-state index in [0.29, 0.717) is 5.92 Å². The molecule has 0 radical (unpaired) electrons. The molecule has 11 heavy (non-hydrogen) atoms. The molecule has 0 aromatic heterocycles. The van der Waals surface area contributed by atoms with Gasteiger partial charge in [-0.2, -0.15) is 10.2 Å². The van der Waals surface area contributed by atoms with Crippen LogP contribution in [0.25, 0.3) is 0 Å². The standard InChI is InChI=1S/C8H13N3/c9-8-5-7(10-11-8)6-3-1-2-4-6/h5-6,8H,1-4,9H2/t8-/m1/s1. The lowest BCUT2D eigenvalue weighted by Crippen LogP contribution is -2.10. The number of hydrogen-bond donors (Lipinski definition) is 1. The highest BCUT2D eigenvalue weighted by atomic mass is 15.2. The third-order valence-electron chi connectivity index (χ3n) is 2.42. The second-order valence-corrected chi connectivity index (χ2v) is 3.28. The first-order valence-corrected chi connectivity index (χ1v) is 4.24. The minimum absolute atomic E-state index is 0.161. The predicted octanol–water partition coefficient (Wildman–Crippen LogP) is 1.81. The minimum atomic E-state index is -0.161. The summed E-state index contributed by atoms with van der Waals surface area (Å²) < 4.78 is 0. The van der Waals surface area contributed by atoms with Crippen molar-refractivity contribution in [2.24, 2.45) is 21.9 Å². The molecule has 1 saturated carbocycles. The summed E-state index contributed by atoms with van der Waals surface area (Å²) in [6, 6.07) is 0. The summed E-state index contributed by atoms with van der Waals surface area (Å²) in [4.78, 5) is 0. The maximum absolute atomic E-state index is 5.56.